The molecule has 0 radical (unpaired) electrons. The standard InChI is InChI=1S/C10H18O7/c1-2-3-6(12)17-9-8(14)7(13)5(4-11)16-10(9)15/h5,7-11,13-15H,2-4H2,1H3/t5-,7-,8+,9-,10-/m1/s1. The molecule has 0 aromatic rings. The van der Waals surface area contributed by atoms with Gasteiger partial charge in [0.05, 0.1) is 6.61 Å². The first-order chi connectivity index (χ1) is 8.01. The van der Waals surface area contributed by atoms with E-state index in [1.54, 1.807) is 6.92 Å². The number of hydrogen-bond donors (Lipinski definition) is 4. The Morgan fingerprint density at radius 2 is 1.94 bits per heavy atom. The van der Waals surface area contributed by atoms with Crippen molar-refractivity contribution in [3.05, 3.63) is 0 Å². The molecule has 0 amide bonds. The first-order valence-corrected chi connectivity index (χ1v) is 5.51. The van der Waals surface area contributed by atoms with Gasteiger partial charge in [0.1, 0.15) is 18.3 Å². The Labute approximate surface area is 98.6 Å². The number of aliphatic hydroxyl groups is 4. The predicted octanol–water partition coefficient (Wildman–Crippen LogP) is -1.87. The molecule has 1 saturated heterocycles. The first-order valence-electron chi connectivity index (χ1n) is 5.51. The van der Waals surface area contributed by atoms with Gasteiger partial charge in [0.15, 0.2) is 12.4 Å². The van der Waals surface area contributed by atoms with E-state index < -0.39 is 43.3 Å². The van der Waals surface area contributed by atoms with E-state index in [1.165, 1.54) is 0 Å². The molecule has 4 N–H and O–H groups in total. The van der Waals surface area contributed by atoms with E-state index in [9.17, 15) is 20.1 Å². The van der Waals surface area contributed by atoms with Gasteiger partial charge in [-0.25, -0.2) is 0 Å². The second-order valence-electron chi connectivity index (χ2n) is 3.93. The highest BCUT2D eigenvalue weighted by Gasteiger charge is 2.45. The molecule has 5 atom stereocenters. The zero-order chi connectivity index (χ0) is 13.0. The van der Waals surface area contributed by atoms with Crippen LogP contribution in [0.4, 0.5) is 0 Å². The molecule has 0 spiro atoms. The zero-order valence-electron chi connectivity index (χ0n) is 9.52. The summed E-state index contributed by atoms with van der Waals surface area (Å²) in [6.45, 7) is 1.23. The average Bonchev–Trinajstić information content (AvgIpc) is 2.29. The second-order valence-corrected chi connectivity index (χ2v) is 3.93. The summed E-state index contributed by atoms with van der Waals surface area (Å²) in [6, 6.07) is 0. The number of carbonyl (C=O) groups is 1. The van der Waals surface area contributed by atoms with Crippen LogP contribution in [0.5, 0.6) is 0 Å². The van der Waals surface area contributed by atoms with E-state index in [1.807, 2.05) is 0 Å². The predicted molar refractivity (Wildman–Crippen MR) is 54.8 cm³/mol. The Balaban J connectivity index is 2.63. The molecule has 7 nitrogen and oxygen atoms in total. The van der Waals surface area contributed by atoms with Crippen LogP contribution in [-0.4, -0.2) is 63.7 Å². The fraction of sp³-hybridized carbons (Fsp3) is 0.900. The maximum Gasteiger partial charge on any atom is 0.306 e. The minimum atomic E-state index is -1.56. The maximum absolute atomic E-state index is 11.2. The van der Waals surface area contributed by atoms with Gasteiger partial charge in [-0.3, -0.25) is 4.79 Å². The van der Waals surface area contributed by atoms with Gasteiger partial charge >= 0.3 is 5.97 Å². The van der Waals surface area contributed by atoms with Gasteiger partial charge in [-0.15, -0.1) is 0 Å². The Kier molecular flexibility index (Phi) is 5.29. The van der Waals surface area contributed by atoms with Crippen LogP contribution >= 0.6 is 0 Å². The van der Waals surface area contributed by atoms with Gasteiger partial charge in [-0.1, -0.05) is 6.92 Å². The molecule has 0 aliphatic carbocycles. The van der Waals surface area contributed by atoms with Crippen LogP contribution in [0.25, 0.3) is 0 Å². The van der Waals surface area contributed by atoms with Crippen LogP contribution in [0.15, 0.2) is 0 Å². The lowest BCUT2D eigenvalue weighted by Crippen LogP contribution is -2.59. The van der Waals surface area contributed by atoms with Gasteiger partial charge in [0.2, 0.25) is 0 Å². The minimum Gasteiger partial charge on any atom is -0.454 e. The molecule has 0 saturated carbocycles. The summed E-state index contributed by atoms with van der Waals surface area (Å²) >= 11 is 0. The molecule has 1 aliphatic heterocycles. The zero-order valence-corrected chi connectivity index (χ0v) is 9.52. The fourth-order valence-electron chi connectivity index (χ4n) is 1.61. The van der Waals surface area contributed by atoms with Crippen molar-refractivity contribution in [3.63, 3.8) is 0 Å². The molecule has 1 fully saturated rings. The molecule has 17 heavy (non-hydrogen) atoms. The third kappa shape index (κ3) is 3.36. The lowest BCUT2D eigenvalue weighted by Gasteiger charge is -2.39. The van der Waals surface area contributed by atoms with Crippen LogP contribution < -0.4 is 0 Å². The van der Waals surface area contributed by atoms with Gasteiger partial charge in [0.25, 0.3) is 0 Å². The molecular formula is C10H18O7. The lowest BCUT2D eigenvalue weighted by atomic mass is 9.99. The monoisotopic (exact) mass is 250 g/mol. The maximum atomic E-state index is 11.2. The molecule has 7 heteroatoms. The van der Waals surface area contributed by atoms with E-state index in [-0.39, 0.29) is 6.42 Å². The van der Waals surface area contributed by atoms with Gasteiger partial charge in [0, 0.05) is 6.42 Å². The summed E-state index contributed by atoms with van der Waals surface area (Å²) in [6.07, 6.45) is -6.19. The summed E-state index contributed by atoms with van der Waals surface area (Å²) in [5.41, 5.74) is 0. The summed E-state index contributed by atoms with van der Waals surface area (Å²) in [5, 5.41) is 37.5. The van der Waals surface area contributed by atoms with Crippen LogP contribution in [0, 0.1) is 0 Å². The molecule has 0 bridgehead atoms. The average molecular weight is 250 g/mol. The van der Waals surface area contributed by atoms with Gasteiger partial charge < -0.3 is 29.9 Å². The molecule has 1 rings (SSSR count). The van der Waals surface area contributed by atoms with E-state index in [0.29, 0.717) is 6.42 Å². The van der Waals surface area contributed by atoms with Crippen molar-refractivity contribution in [1.82, 2.24) is 0 Å². The summed E-state index contributed by atoms with van der Waals surface area (Å²) in [4.78, 5) is 11.2. The van der Waals surface area contributed by atoms with Crippen molar-refractivity contribution >= 4 is 5.97 Å². The molecule has 1 heterocycles. The number of esters is 1. The van der Waals surface area contributed by atoms with Crippen molar-refractivity contribution < 1.29 is 34.7 Å². The van der Waals surface area contributed by atoms with Crippen molar-refractivity contribution in [2.45, 2.75) is 50.5 Å². The molecule has 0 aromatic heterocycles. The molecule has 0 aromatic carbocycles. The van der Waals surface area contributed by atoms with Gasteiger partial charge in [-0.05, 0) is 6.42 Å². The van der Waals surface area contributed by atoms with Crippen molar-refractivity contribution in [2.75, 3.05) is 6.61 Å². The number of aliphatic hydroxyl groups excluding tert-OH is 4. The molecule has 1 aliphatic rings. The largest absolute Gasteiger partial charge is 0.454 e. The highest BCUT2D eigenvalue weighted by Crippen LogP contribution is 2.22. The Morgan fingerprint density at radius 1 is 1.29 bits per heavy atom. The minimum absolute atomic E-state index is 0.148. The quantitative estimate of drug-likeness (QED) is 0.432. The number of carbonyl (C=O) groups excluding carboxylic acids is 1. The molecule has 0 unspecified atom stereocenters. The summed E-state index contributed by atoms with van der Waals surface area (Å²) in [5.74, 6) is -0.589. The Morgan fingerprint density at radius 3 is 2.47 bits per heavy atom. The highest BCUT2D eigenvalue weighted by molar-refractivity contribution is 5.69. The third-order valence-corrected chi connectivity index (χ3v) is 2.56. The van der Waals surface area contributed by atoms with Crippen LogP contribution in [0.2, 0.25) is 0 Å². The van der Waals surface area contributed by atoms with E-state index in [0.717, 1.165) is 0 Å². The van der Waals surface area contributed by atoms with Crippen LogP contribution in [-0.2, 0) is 14.3 Å². The number of ether oxygens (including phenoxy) is 2. The first kappa shape index (κ1) is 14.3. The van der Waals surface area contributed by atoms with Crippen molar-refractivity contribution in [1.29, 1.82) is 0 Å². The van der Waals surface area contributed by atoms with Gasteiger partial charge in [-0.2, -0.15) is 0 Å². The van der Waals surface area contributed by atoms with Crippen molar-refractivity contribution in [3.8, 4) is 0 Å². The van der Waals surface area contributed by atoms with E-state index in [4.69, 9.17) is 14.6 Å². The van der Waals surface area contributed by atoms with E-state index in [2.05, 4.69) is 0 Å². The number of hydrogen-bond acceptors (Lipinski definition) is 7. The highest BCUT2D eigenvalue weighted by atomic mass is 16.7. The third-order valence-electron chi connectivity index (χ3n) is 2.56. The SMILES string of the molecule is CCCC(=O)O[C@@H]1[C@@H](O)[C@H](O)[C@@H](CO)O[C@H]1O. The van der Waals surface area contributed by atoms with Crippen molar-refractivity contribution in [2.24, 2.45) is 0 Å². The molecule has 100 valence electrons. The Hall–Kier alpha value is -0.730. The fourth-order valence-corrected chi connectivity index (χ4v) is 1.61. The normalized spacial score (nSPS) is 37.8. The second kappa shape index (κ2) is 6.27. The molecular weight excluding hydrogens is 232 g/mol. The smallest absolute Gasteiger partial charge is 0.306 e. The van der Waals surface area contributed by atoms with Crippen LogP contribution in [0.1, 0.15) is 19.8 Å². The lowest BCUT2D eigenvalue weighted by molar-refractivity contribution is -0.290. The number of rotatable bonds is 4. The summed E-state index contributed by atoms with van der Waals surface area (Å²) < 4.78 is 9.64. The summed E-state index contributed by atoms with van der Waals surface area (Å²) in [7, 11) is 0. The Bertz CT molecular complexity index is 257. The van der Waals surface area contributed by atoms with E-state index >= 15 is 0 Å². The topological polar surface area (TPSA) is 116 Å². The van der Waals surface area contributed by atoms with Crippen LogP contribution in [0.3, 0.4) is 0 Å².